The first-order valence-electron chi connectivity index (χ1n) is 6.63. The van der Waals surface area contributed by atoms with Crippen molar-refractivity contribution in [2.45, 2.75) is 32.0 Å². The average molecular weight is 266 g/mol. The largest absolute Gasteiger partial charge is 0.392 e. The van der Waals surface area contributed by atoms with Crippen molar-refractivity contribution in [1.82, 2.24) is 4.98 Å². The van der Waals surface area contributed by atoms with Gasteiger partial charge in [0.2, 0.25) is 0 Å². The van der Waals surface area contributed by atoms with Crippen LogP contribution in [0, 0.1) is 6.92 Å². The molecule has 2 rings (SSSR count). The van der Waals surface area contributed by atoms with Crippen LogP contribution in [0.1, 0.15) is 24.1 Å². The Labute approximate surface area is 113 Å². The number of hydrogen-bond donors (Lipinski definition) is 2. The van der Waals surface area contributed by atoms with E-state index in [0.29, 0.717) is 32.6 Å². The van der Waals surface area contributed by atoms with Gasteiger partial charge in [-0.25, -0.2) is 4.98 Å². The molecular formula is C14H22N2O3. The van der Waals surface area contributed by atoms with Crippen molar-refractivity contribution in [3.05, 3.63) is 23.4 Å². The van der Waals surface area contributed by atoms with Crippen molar-refractivity contribution in [3.8, 4) is 0 Å². The molecule has 5 nitrogen and oxygen atoms in total. The maximum atomic E-state index is 10.5. The molecule has 0 unspecified atom stereocenters. The quantitative estimate of drug-likeness (QED) is 0.846. The molecule has 0 radical (unpaired) electrons. The number of likely N-dealkylation sites (N-methyl/N-ethyl adjacent to an activating group) is 1. The van der Waals surface area contributed by atoms with Crippen molar-refractivity contribution >= 4 is 5.82 Å². The van der Waals surface area contributed by atoms with Crippen LogP contribution in [-0.2, 0) is 11.3 Å². The molecule has 106 valence electrons. The van der Waals surface area contributed by atoms with Crippen molar-refractivity contribution in [3.63, 3.8) is 0 Å². The van der Waals surface area contributed by atoms with E-state index in [-0.39, 0.29) is 6.61 Å². The maximum absolute atomic E-state index is 10.5. The fourth-order valence-corrected chi connectivity index (χ4v) is 2.39. The molecule has 0 bridgehead atoms. The van der Waals surface area contributed by atoms with Gasteiger partial charge in [0, 0.05) is 45.3 Å². The minimum Gasteiger partial charge on any atom is -0.392 e. The Morgan fingerprint density at radius 2 is 2.05 bits per heavy atom. The number of nitrogens with zero attached hydrogens (tertiary/aromatic N) is 2. The van der Waals surface area contributed by atoms with Crippen molar-refractivity contribution in [2.75, 3.05) is 31.7 Å². The standard InChI is InChI=1S/C14H22N2O3/c1-11-12(9-17)3-4-13(15-11)16(2)10-14(18)5-7-19-8-6-14/h3-4,17-18H,5-10H2,1-2H3. The molecule has 0 aliphatic carbocycles. The van der Waals surface area contributed by atoms with E-state index in [1.54, 1.807) is 0 Å². The Morgan fingerprint density at radius 1 is 1.37 bits per heavy atom. The first-order chi connectivity index (χ1) is 9.04. The van der Waals surface area contributed by atoms with Crippen LogP contribution in [0.3, 0.4) is 0 Å². The van der Waals surface area contributed by atoms with Crippen LogP contribution in [-0.4, -0.2) is 47.6 Å². The second kappa shape index (κ2) is 5.86. The summed E-state index contributed by atoms with van der Waals surface area (Å²) in [5.74, 6) is 0.814. The summed E-state index contributed by atoms with van der Waals surface area (Å²) in [4.78, 5) is 6.42. The molecule has 0 atom stereocenters. The van der Waals surface area contributed by atoms with Crippen molar-refractivity contribution in [2.24, 2.45) is 0 Å². The van der Waals surface area contributed by atoms with Gasteiger partial charge in [-0.05, 0) is 18.6 Å². The highest BCUT2D eigenvalue weighted by Crippen LogP contribution is 2.23. The van der Waals surface area contributed by atoms with E-state index in [2.05, 4.69) is 4.98 Å². The Balaban J connectivity index is 2.06. The van der Waals surface area contributed by atoms with Gasteiger partial charge in [0.15, 0.2) is 0 Å². The molecular weight excluding hydrogens is 244 g/mol. The van der Waals surface area contributed by atoms with Crippen LogP contribution in [0.25, 0.3) is 0 Å². The van der Waals surface area contributed by atoms with E-state index in [4.69, 9.17) is 9.84 Å². The molecule has 1 aromatic heterocycles. The highest BCUT2D eigenvalue weighted by Gasteiger charge is 2.31. The van der Waals surface area contributed by atoms with Gasteiger partial charge in [0.05, 0.1) is 12.2 Å². The first kappa shape index (κ1) is 14.2. The monoisotopic (exact) mass is 266 g/mol. The summed E-state index contributed by atoms with van der Waals surface area (Å²) in [5, 5.41) is 19.6. The molecule has 1 aliphatic heterocycles. The van der Waals surface area contributed by atoms with Gasteiger partial charge in [0.1, 0.15) is 5.82 Å². The predicted octanol–water partition coefficient (Wildman–Crippen LogP) is 0.860. The van der Waals surface area contributed by atoms with E-state index < -0.39 is 5.60 Å². The van der Waals surface area contributed by atoms with Crippen LogP contribution < -0.4 is 4.90 Å². The first-order valence-corrected chi connectivity index (χ1v) is 6.63. The molecule has 1 aliphatic rings. The summed E-state index contributed by atoms with van der Waals surface area (Å²) in [5.41, 5.74) is 0.964. The summed E-state index contributed by atoms with van der Waals surface area (Å²) in [6.45, 7) is 3.65. The molecule has 1 saturated heterocycles. The maximum Gasteiger partial charge on any atom is 0.128 e. The molecule has 5 heteroatoms. The third-order valence-corrected chi connectivity index (χ3v) is 3.70. The van der Waals surface area contributed by atoms with Crippen LogP contribution in [0.2, 0.25) is 0 Å². The highest BCUT2D eigenvalue weighted by molar-refractivity contribution is 5.41. The number of hydrogen-bond acceptors (Lipinski definition) is 5. The number of rotatable bonds is 4. The van der Waals surface area contributed by atoms with Gasteiger partial charge in [-0.3, -0.25) is 0 Å². The van der Waals surface area contributed by atoms with Gasteiger partial charge in [-0.15, -0.1) is 0 Å². The van der Waals surface area contributed by atoms with Gasteiger partial charge in [-0.2, -0.15) is 0 Å². The normalized spacial score (nSPS) is 18.3. The highest BCUT2D eigenvalue weighted by atomic mass is 16.5. The van der Waals surface area contributed by atoms with Crippen molar-refractivity contribution < 1.29 is 14.9 Å². The van der Waals surface area contributed by atoms with Gasteiger partial charge >= 0.3 is 0 Å². The fraction of sp³-hybridized carbons (Fsp3) is 0.643. The second-order valence-electron chi connectivity index (χ2n) is 5.26. The molecule has 0 spiro atoms. The van der Waals surface area contributed by atoms with Gasteiger partial charge in [0.25, 0.3) is 0 Å². The average Bonchev–Trinajstić information content (AvgIpc) is 2.39. The number of aryl methyl sites for hydroxylation is 1. The molecule has 2 N–H and O–H groups in total. The molecule has 19 heavy (non-hydrogen) atoms. The Morgan fingerprint density at radius 3 is 2.63 bits per heavy atom. The lowest BCUT2D eigenvalue weighted by Gasteiger charge is -2.35. The number of pyridine rings is 1. The Hall–Kier alpha value is -1.17. The minimum absolute atomic E-state index is 0.00407. The Kier molecular flexibility index (Phi) is 4.39. The van der Waals surface area contributed by atoms with E-state index in [9.17, 15) is 5.11 Å². The zero-order chi connectivity index (χ0) is 13.9. The summed E-state index contributed by atoms with van der Waals surface area (Å²) in [6.07, 6.45) is 1.32. The molecule has 0 saturated carbocycles. The van der Waals surface area contributed by atoms with Gasteiger partial charge in [-0.1, -0.05) is 6.07 Å². The van der Waals surface area contributed by atoms with Crippen LogP contribution in [0.4, 0.5) is 5.82 Å². The topological polar surface area (TPSA) is 65.8 Å². The summed E-state index contributed by atoms with van der Waals surface area (Å²) >= 11 is 0. The smallest absolute Gasteiger partial charge is 0.128 e. The molecule has 0 amide bonds. The zero-order valence-corrected chi connectivity index (χ0v) is 11.6. The van der Waals surface area contributed by atoms with Gasteiger partial charge < -0.3 is 19.8 Å². The predicted molar refractivity (Wildman–Crippen MR) is 73.2 cm³/mol. The van der Waals surface area contributed by atoms with Crippen molar-refractivity contribution in [1.29, 1.82) is 0 Å². The Bertz CT molecular complexity index is 431. The lowest BCUT2D eigenvalue weighted by Crippen LogP contribution is -2.46. The lowest BCUT2D eigenvalue weighted by molar-refractivity contribution is -0.0573. The number of ether oxygens (including phenoxy) is 1. The van der Waals surface area contributed by atoms with E-state index in [0.717, 1.165) is 17.1 Å². The molecule has 2 heterocycles. The minimum atomic E-state index is -0.696. The second-order valence-corrected chi connectivity index (χ2v) is 5.26. The molecule has 0 aromatic carbocycles. The lowest BCUT2D eigenvalue weighted by atomic mass is 9.94. The fourth-order valence-electron chi connectivity index (χ4n) is 2.39. The van der Waals surface area contributed by atoms with Crippen LogP contribution >= 0.6 is 0 Å². The molecule has 1 aromatic rings. The summed E-state index contributed by atoms with van der Waals surface area (Å²) in [7, 11) is 1.92. The third-order valence-electron chi connectivity index (χ3n) is 3.70. The van der Waals surface area contributed by atoms with E-state index in [1.165, 1.54) is 0 Å². The summed E-state index contributed by atoms with van der Waals surface area (Å²) in [6, 6.07) is 3.75. The number of anilines is 1. The number of aliphatic hydroxyl groups is 2. The number of aliphatic hydroxyl groups excluding tert-OH is 1. The SMILES string of the molecule is Cc1nc(N(C)CC2(O)CCOCC2)ccc1CO. The number of aromatic nitrogens is 1. The zero-order valence-electron chi connectivity index (χ0n) is 11.6. The van der Waals surface area contributed by atoms with Crippen LogP contribution in [0.15, 0.2) is 12.1 Å². The van der Waals surface area contributed by atoms with Crippen LogP contribution in [0.5, 0.6) is 0 Å². The molecule has 1 fully saturated rings. The third kappa shape index (κ3) is 3.43. The summed E-state index contributed by atoms with van der Waals surface area (Å²) < 4.78 is 5.28. The van der Waals surface area contributed by atoms with E-state index in [1.807, 2.05) is 31.0 Å². The van der Waals surface area contributed by atoms with E-state index >= 15 is 0 Å².